The van der Waals surface area contributed by atoms with Gasteiger partial charge in [-0.05, 0) is 69.4 Å². The highest BCUT2D eigenvalue weighted by atomic mass is 16.5. The van der Waals surface area contributed by atoms with Gasteiger partial charge in [-0.15, -0.1) is 0 Å². The van der Waals surface area contributed by atoms with Gasteiger partial charge >= 0.3 is 0 Å². The van der Waals surface area contributed by atoms with E-state index >= 15 is 0 Å². The van der Waals surface area contributed by atoms with Crippen LogP contribution in [0.2, 0.25) is 0 Å². The van der Waals surface area contributed by atoms with Crippen LogP contribution in [0, 0.1) is 13.8 Å². The molecule has 0 aliphatic heterocycles. The van der Waals surface area contributed by atoms with E-state index < -0.39 is 0 Å². The van der Waals surface area contributed by atoms with Crippen molar-refractivity contribution in [1.29, 1.82) is 0 Å². The van der Waals surface area contributed by atoms with Gasteiger partial charge in [0.2, 0.25) is 0 Å². The molecular weight excluding hydrogens is 346 g/mol. The minimum Gasteiger partial charge on any atom is -0.382 e. The molecule has 150 valence electrons. The van der Waals surface area contributed by atoms with Crippen molar-refractivity contribution in [3.8, 4) is 11.3 Å². The van der Waals surface area contributed by atoms with Gasteiger partial charge in [-0.2, -0.15) is 0 Å². The van der Waals surface area contributed by atoms with Crippen molar-refractivity contribution < 1.29 is 4.74 Å². The molecule has 0 aromatic carbocycles. The summed E-state index contributed by atoms with van der Waals surface area (Å²) in [6, 6.07) is 6.60. The molecular formula is C24H33N3O. The number of ether oxygens (including phenoxy) is 1. The van der Waals surface area contributed by atoms with Crippen LogP contribution in [0.15, 0.2) is 24.4 Å². The normalized spacial score (nSPS) is 12.3. The van der Waals surface area contributed by atoms with Gasteiger partial charge in [-0.3, -0.25) is 4.98 Å². The van der Waals surface area contributed by atoms with E-state index in [2.05, 4.69) is 77.4 Å². The summed E-state index contributed by atoms with van der Waals surface area (Å²) in [5.74, 6) is 0.426. The standard InChI is InChI=1S/C24H33N3O/c1-9-19-18(10-11-20(25-19)15(2)3)22-16(4)12-21-23(26-22)17(5)13-27(21)24(6,7)14-28-8/h10-13,15H,9,14H2,1-8H3. The summed E-state index contributed by atoms with van der Waals surface area (Å²) < 4.78 is 7.75. The maximum atomic E-state index is 5.45. The number of fused-ring (bicyclic) bond motifs is 1. The number of aryl methyl sites for hydroxylation is 3. The summed E-state index contributed by atoms with van der Waals surface area (Å²) in [6.45, 7) is 15.9. The van der Waals surface area contributed by atoms with Gasteiger partial charge < -0.3 is 9.30 Å². The van der Waals surface area contributed by atoms with Crippen molar-refractivity contribution in [1.82, 2.24) is 14.5 Å². The molecule has 0 saturated carbocycles. The molecule has 3 aromatic heterocycles. The number of methoxy groups -OCH3 is 1. The van der Waals surface area contributed by atoms with Crippen LogP contribution in [-0.4, -0.2) is 28.3 Å². The van der Waals surface area contributed by atoms with Gasteiger partial charge in [-0.1, -0.05) is 20.8 Å². The van der Waals surface area contributed by atoms with Crippen molar-refractivity contribution in [3.05, 3.63) is 46.9 Å². The van der Waals surface area contributed by atoms with Crippen LogP contribution in [0.1, 0.15) is 63.1 Å². The Morgan fingerprint density at radius 3 is 2.43 bits per heavy atom. The van der Waals surface area contributed by atoms with E-state index in [-0.39, 0.29) is 5.54 Å². The molecule has 0 spiro atoms. The average molecular weight is 380 g/mol. The van der Waals surface area contributed by atoms with Crippen LogP contribution in [0.3, 0.4) is 0 Å². The summed E-state index contributed by atoms with van der Waals surface area (Å²) in [6.07, 6.45) is 3.09. The SMILES string of the molecule is CCc1nc(C(C)C)ccc1-c1nc2c(C)cn(C(C)(C)COC)c2cc1C. The lowest BCUT2D eigenvalue weighted by molar-refractivity contribution is 0.112. The van der Waals surface area contributed by atoms with Gasteiger partial charge in [0.05, 0.1) is 28.9 Å². The number of nitrogens with zero attached hydrogens (tertiary/aromatic N) is 3. The molecule has 0 radical (unpaired) electrons. The van der Waals surface area contributed by atoms with E-state index in [0.29, 0.717) is 12.5 Å². The topological polar surface area (TPSA) is 39.9 Å². The molecule has 0 N–H and O–H groups in total. The summed E-state index contributed by atoms with van der Waals surface area (Å²) in [5, 5.41) is 0. The third kappa shape index (κ3) is 3.58. The molecule has 0 amide bonds. The monoisotopic (exact) mass is 379 g/mol. The first-order chi connectivity index (χ1) is 13.2. The zero-order valence-electron chi connectivity index (χ0n) is 18.6. The first-order valence-electron chi connectivity index (χ1n) is 10.2. The zero-order chi connectivity index (χ0) is 20.6. The lowest BCUT2D eigenvalue weighted by Crippen LogP contribution is -2.30. The fraction of sp³-hybridized carbons (Fsp3) is 0.500. The average Bonchev–Trinajstić information content (AvgIpc) is 2.97. The maximum Gasteiger partial charge on any atom is 0.0918 e. The number of rotatable bonds is 6. The van der Waals surface area contributed by atoms with Crippen LogP contribution in [0.5, 0.6) is 0 Å². The third-order valence-corrected chi connectivity index (χ3v) is 5.48. The van der Waals surface area contributed by atoms with Crippen LogP contribution in [-0.2, 0) is 16.7 Å². The van der Waals surface area contributed by atoms with Crippen LogP contribution < -0.4 is 0 Å². The number of aromatic nitrogens is 3. The molecule has 0 unspecified atom stereocenters. The Morgan fingerprint density at radius 2 is 1.82 bits per heavy atom. The molecule has 28 heavy (non-hydrogen) atoms. The van der Waals surface area contributed by atoms with E-state index in [4.69, 9.17) is 14.7 Å². The minimum atomic E-state index is -0.133. The molecule has 4 heteroatoms. The number of hydrogen-bond acceptors (Lipinski definition) is 3. The van der Waals surface area contributed by atoms with Crippen molar-refractivity contribution in [2.45, 2.75) is 66.3 Å². The predicted molar refractivity (Wildman–Crippen MR) is 117 cm³/mol. The lowest BCUT2D eigenvalue weighted by atomic mass is 10.00. The maximum absolute atomic E-state index is 5.45. The molecule has 0 saturated heterocycles. The molecule has 3 rings (SSSR count). The summed E-state index contributed by atoms with van der Waals surface area (Å²) in [7, 11) is 1.75. The molecule has 3 aromatic rings. The molecule has 3 heterocycles. The second-order valence-electron chi connectivity index (χ2n) is 8.69. The Morgan fingerprint density at radius 1 is 1.11 bits per heavy atom. The van der Waals surface area contributed by atoms with Crippen LogP contribution >= 0.6 is 0 Å². The largest absolute Gasteiger partial charge is 0.382 e. The second kappa shape index (κ2) is 7.67. The summed E-state index contributed by atoms with van der Waals surface area (Å²) >= 11 is 0. The zero-order valence-corrected chi connectivity index (χ0v) is 18.6. The Bertz CT molecular complexity index is 999. The Hall–Kier alpha value is -2.20. The van der Waals surface area contributed by atoms with Crippen LogP contribution in [0.25, 0.3) is 22.3 Å². The summed E-state index contributed by atoms with van der Waals surface area (Å²) in [4.78, 5) is 10.0. The highest BCUT2D eigenvalue weighted by molar-refractivity contribution is 5.84. The molecule has 0 aliphatic rings. The van der Waals surface area contributed by atoms with E-state index in [0.717, 1.165) is 40.1 Å². The van der Waals surface area contributed by atoms with Crippen molar-refractivity contribution in [3.63, 3.8) is 0 Å². The van der Waals surface area contributed by atoms with Gasteiger partial charge in [0.1, 0.15) is 0 Å². The Kier molecular flexibility index (Phi) is 5.62. The van der Waals surface area contributed by atoms with Gasteiger partial charge in [0.15, 0.2) is 0 Å². The van der Waals surface area contributed by atoms with Crippen molar-refractivity contribution in [2.24, 2.45) is 0 Å². The predicted octanol–water partition coefficient (Wildman–Crippen LogP) is 5.78. The van der Waals surface area contributed by atoms with E-state index in [1.165, 1.54) is 11.1 Å². The molecule has 4 nitrogen and oxygen atoms in total. The second-order valence-corrected chi connectivity index (χ2v) is 8.69. The Balaban J connectivity index is 2.20. The first kappa shape index (κ1) is 20.5. The molecule has 0 aliphatic carbocycles. The minimum absolute atomic E-state index is 0.133. The lowest BCUT2D eigenvalue weighted by Gasteiger charge is -2.27. The van der Waals surface area contributed by atoms with E-state index in [9.17, 15) is 0 Å². The fourth-order valence-corrected chi connectivity index (χ4v) is 3.92. The van der Waals surface area contributed by atoms with Crippen molar-refractivity contribution >= 4 is 11.0 Å². The van der Waals surface area contributed by atoms with Gasteiger partial charge in [-0.25, -0.2) is 4.98 Å². The highest BCUT2D eigenvalue weighted by Crippen LogP contribution is 2.33. The first-order valence-corrected chi connectivity index (χ1v) is 10.2. The fourth-order valence-electron chi connectivity index (χ4n) is 3.92. The molecule has 0 bridgehead atoms. The van der Waals surface area contributed by atoms with Gasteiger partial charge in [0, 0.05) is 30.3 Å². The van der Waals surface area contributed by atoms with Crippen molar-refractivity contribution in [2.75, 3.05) is 13.7 Å². The van der Waals surface area contributed by atoms with E-state index in [1.54, 1.807) is 7.11 Å². The smallest absolute Gasteiger partial charge is 0.0918 e. The number of pyridine rings is 2. The Labute approximate surface area is 169 Å². The molecule has 0 atom stereocenters. The third-order valence-electron chi connectivity index (χ3n) is 5.48. The van der Waals surface area contributed by atoms with Crippen LogP contribution in [0.4, 0.5) is 0 Å². The van der Waals surface area contributed by atoms with Gasteiger partial charge in [0.25, 0.3) is 0 Å². The quantitative estimate of drug-likeness (QED) is 0.545. The number of hydrogen-bond donors (Lipinski definition) is 0. The highest BCUT2D eigenvalue weighted by Gasteiger charge is 2.24. The van der Waals surface area contributed by atoms with E-state index in [1.807, 2.05) is 0 Å². The molecule has 0 fully saturated rings. The summed E-state index contributed by atoms with van der Waals surface area (Å²) in [5.41, 5.74) is 8.89.